The summed E-state index contributed by atoms with van der Waals surface area (Å²) >= 11 is 0. The molecule has 1 spiro atoms. The van der Waals surface area contributed by atoms with E-state index in [0.717, 1.165) is 45.1 Å². The predicted molar refractivity (Wildman–Crippen MR) is 105 cm³/mol. The normalized spacial score (nSPS) is 32.6. The van der Waals surface area contributed by atoms with Crippen molar-refractivity contribution in [2.75, 3.05) is 13.6 Å². The van der Waals surface area contributed by atoms with E-state index in [1.54, 1.807) is 0 Å². The lowest BCUT2D eigenvalue weighted by Gasteiger charge is -2.57. The molecular weight excluding hydrogens is 354 g/mol. The van der Waals surface area contributed by atoms with E-state index in [1.807, 2.05) is 6.07 Å². The van der Waals surface area contributed by atoms with Crippen molar-refractivity contribution in [2.45, 2.75) is 75.9 Å². The molecule has 5 heteroatoms. The van der Waals surface area contributed by atoms with Crippen LogP contribution in [-0.2, 0) is 21.4 Å². The van der Waals surface area contributed by atoms with Crippen LogP contribution in [0, 0.1) is 5.92 Å². The van der Waals surface area contributed by atoms with E-state index in [4.69, 9.17) is 9.47 Å². The highest BCUT2D eigenvalue weighted by molar-refractivity contribution is 5.89. The first-order valence-corrected chi connectivity index (χ1v) is 10.8. The number of likely N-dealkylation sites (N-methyl/N-ethyl adjacent to an activating group) is 1. The van der Waals surface area contributed by atoms with E-state index >= 15 is 0 Å². The van der Waals surface area contributed by atoms with E-state index in [9.17, 15) is 9.59 Å². The van der Waals surface area contributed by atoms with Crippen molar-refractivity contribution in [2.24, 2.45) is 5.92 Å². The Morgan fingerprint density at radius 2 is 2.21 bits per heavy atom. The van der Waals surface area contributed by atoms with Crippen molar-refractivity contribution in [3.8, 4) is 11.5 Å². The zero-order valence-corrected chi connectivity index (χ0v) is 16.8. The van der Waals surface area contributed by atoms with Crippen molar-refractivity contribution in [3.05, 3.63) is 23.3 Å². The largest absolute Gasteiger partial charge is 0.477 e. The number of Topliss-reactive ketones (excluding diaryl/α,β-unsaturated/α-hetero) is 1. The summed E-state index contributed by atoms with van der Waals surface area (Å²) < 4.78 is 12.1. The lowest BCUT2D eigenvalue weighted by molar-refractivity contribution is -0.138. The van der Waals surface area contributed by atoms with Gasteiger partial charge in [-0.3, -0.25) is 9.59 Å². The Bertz CT molecular complexity index is 834. The van der Waals surface area contributed by atoms with Gasteiger partial charge in [0.15, 0.2) is 23.4 Å². The Balaban J connectivity index is 1.54. The first-order valence-electron chi connectivity index (χ1n) is 10.8. The van der Waals surface area contributed by atoms with Crippen LogP contribution in [0.5, 0.6) is 11.5 Å². The number of ketones is 1. The average molecular weight is 383 g/mol. The number of piperidine rings is 1. The number of unbranched alkanes of at least 4 members (excludes halogenated alkanes) is 2. The third-order valence-corrected chi connectivity index (χ3v) is 7.58. The lowest BCUT2D eigenvalue weighted by atomic mass is 9.52. The molecule has 2 fully saturated rings. The van der Waals surface area contributed by atoms with Gasteiger partial charge in [-0.05, 0) is 56.8 Å². The second-order valence-corrected chi connectivity index (χ2v) is 9.01. The molecule has 4 aliphatic rings. The Labute approximate surface area is 166 Å². The van der Waals surface area contributed by atoms with Gasteiger partial charge in [0.2, 0.25) is 0 Å². The molecule has 28 heavy (non-hydrogen) atoms. The number of ether oxygens (including phenoxy) is 2. The van der Waals surface area contributed by atoms with Crippen LogP contribution >= 0.6 is 0 Å². The van der Waals surface area contributed by atoms with Crippen LogP contribution in [-0.4, -0.2) is 42.4 Å². The zero-order chi connectivity index (χ0) is 19.5. The van der Waals surface area contributed by atoms with Crippen molar-refractivity contribution in [1.29, 1.82) is 0 Å². The van der Waals surface area contributed by atoms with Gasteiger partial charge in [-0.1, -0.05) is 25.8 Å². The Morgan fingerprint density at radius 3 is 3.04 bits per heavy atom. The number of carbonyl (C=O) groups excluding carboxylic acids is 2. The van der Waals surface area contributed by atoms with Gasteiger partial charge in [-0.25, -0.2) is 0 Å². The minimum absolute atomic E-state index is 0.208. The Kier molecular flexibility index (Phi) is 4.27. The summed E-state index contributed by atoms with van der Waals surface area (Å²) in [5.41, 5.74) is 2.23. The summed E-state index contributed by atoms with van der Waals surface area (Å²) in [5, 5.41) is 0. The van der Waals surface area contributed by atoms with Crippen LogP contribution in [0.25, 0.3) is 0 Å². The van der Waals surface area contributed by atoms with Gasteiger partial charge in [0, 0.05) is 29.9 Å². The van der Waals surface area contributed by atoms with Crippen LogP contribution in [0.1, 0.15) is 63.0 Å². The van der Waals surface area contributed by atoms with Gasteiger partial charge >= 0.3 is 5.97 Å². The maximum atomic E-state index is 12.9. The molecule has 0 N–H and O–H groups in total. The summed E-state index contributed by atoms with van der Waals surface area (Å²) in [6.07, 6.45) is 6.42. The molecule has 3 unspecified atom stereocenters. The first-order chi connectivity index (χ1) is 13.6. The molecule has 1 aromatic rings. The molecule has 5 nitrogen and oxygen atoms in total. The minimum Gasteiger partial charge on any atom is -0.477 e. The van der Waals surface area contributed by atoms with Crippen molar-refractivity contribution < 1.29 is 19.1 Å². The van der Waals surface area contributed by atoms with Crippen LogP contribution in [0.4, 0.5) is 0 Å². The fourth-order valence-corrected chi connectivity index (χ4v) is 6.28. The molecule has 5 rings (SSSR count). The number of carbonyl (C=O) groups is 2. The molecule has 2 aliphatic carbocycles. The maximum absolute atomic E-state index is 12.9. The van der Waals surface area contributed by atoms with E-state index in [1.165, 1.54) is 11.1 Å². The molecule has 2 bridgehead atoms. The van der Waals surface area contributed by atoms with Gasteiger partial charge in [0.25, 0.3) is 0 Å². The van der Waals surface area contributed by atoms with E-state index in [0.29, 0.717) is 36.3 Å². The van der Waals surface area contributed by atoms with Crippen LogP contribution in [0.2, 0.25) is 0 Å². The smallest absolute Gasteiger partial charge is 0.311 e. The van der Waals surface area contributed by atoms with Crippen molar-refractivity contribution in [3.63, 3.8) is 0 Å². The van der Waals surface area contributed by atoms with Gasteiger partial charge in [-0.2, -0.15) is 0 Å². The molecule has 1 aromatic carbocycles. The molecule has 0 amide bonds. The van der Waals surface area contributed by atoms with Crippen LogP contribution < -0.4 is 9.47 Å². The Hall–Kier alpha value is -1.88. The third kappa shape index (κ3) is 2.41. The molecule has 4 atom stereocenters. The standard InChI is InChI=1S/C23H29NO4/c1-3-4-5-6-19(26)27-18-10-7-14-13-16-15-8-9-17(25)22-23(15,11-12-24(16)2)20(14)21(18)28-22/h7,10,15-16,22H,3-6,8-9,11-13H2,1-2H3/t15?,16?,22-,23?/m0/s1. The summed E-state index contributed by atoms with van der Waals surface area (Å²) in [5.74, 6) is 1.63. The molecule has 2 heterocycles. The second-order valence-electron chi connectivity index (χ2n) is 9.01. The number of hydrogen-bond donors (Lipinski definition) is 0. The summed E-state index contributed by atoms with van der Waals surface area (Å²) in [6, 6.07) is 4.44. The molecule has 1 saturated heterocycles. The fraction of sp³-hybridized carbons (Fsp3) is 0.652. The summed E-state index contributed by atoms with van der Waals surface area (Å²) in [6.45, 7) is 3.10. The molecule has 1 saturated carbocycles. The van der Waals surface area contributed by atoms with Crippen molar-refractivity contribution in [1.82, 2.24) is 4.90 Å². The lowest BCUT2D eigenvalue weighted by Crippen LogP contribution is -2.65. The SMILES string of the molecule is CCCCCC(=O)Oc1ccc2c3c1O[C@H]1C(=O)CCC4C(C2)N(C)CCC341. The summed E-state index contributed by atoms with van der Waals surface area (Å²) in [4.78, 5) is 27.7. The number of benzene rings is 1. The second kappa shape index (κ2) is 6.58. The quantitative estimate of drug-likeness (QED) is 0.443. The van der Waals surface area contributed by atoms with Crippen molar-refractivity contribution >= 4 is 11.8 Å². The van der Waals surface area contributed by atoms with Gasteiger partial charge in [0.05, 0.1) is 0 Å². The third-order valence-electron chi connectivity index (χ3n) is 7.58. The molecule has 0 aromatic heterocycles. The van der Waals surface area contributed by atoms with Gasteiger partial charge in [0.1, 0.15) is 0 Å². The highest BCUT2D eigenvalue weighted by Gasteiger charge is 2.65. The van der Waals surface area contributed by atoms with Gasteiger partial charge in [-0.15, -0.1) is 0 Å². The number of nitrogens with zero attached hydrogens (tertiary/aromatic N) is 1. The van der Waals surface area contributed by atoms with Crippen LogP contribution in [0.15, 0.2) is 12.1 Å². The Morgan fingerprint density at radius 1 is 1.36 bits per heavy atom. The number of likely N-dealkylation sites (tertiary alicyclic amines) is 1. The van der Waals surface area contributed by atoms with Gasteiger partial charge < -0.3 is 14.4 Å². The van der Waals surface area contributed by atoms with E-state index in [2.05, 4.69) is 24.9 Å². The topological polar surface area (TPSA) is 55.8 Å². The highest BCUT2D eigenvalue weighted by atomic mass is 16.6. The number of rotatable bonds is 5. The first kappa shape index (κ1) is 18.2. The average Bonchev–Trinajstić information content (AvgIpc) is 3.03. The monoisotopic (exact) mass is 383 g/mol. The van der Waals surface area contributed by atoms with Crippen LogP contribution in [0.3, 0.4) is 0 Å². The number of esters is 1. The highest BCUT2D eigenvalue weighted by Crippen LogP contribution is 2.63. The molecule has 0 radical (unpaired) electrons. The van der Waals surface area contributed by atoms with E-state index < -0.39 is 6.10 Å². The maximum Gasteiger partial charge on any atom is 0.311 e. The minimum atomic E-state index is -0.406. The molecule has 150 valence electrons. The molecular formula is C23H29NO4. The molecule has 2 aliphatic heterocycles. The number of hydrogen-bond acceptors (Lipinski definition) is 5. The summed E-state index contributed by atoms with van der Waals surface area (Å²) in [7, 11) is 2.21. The predicted octanol–water partition coefficient (Wildman–Crippen LogP) is 3.41. The van der Waals surface area contributed by atoms with E-state index in [-0.39, 0.29) is 17.2 Å². The zero-order valence-electron chi connectivity index (χ0n) is 16.8. The fourth-order valence-electron chi connectivity index (χ4n) is 6.28.